The Labute approximate surface area is 82.0 Å². The fraction of sp³-hybridized carbons (Fsp3) is 1.00. The minimum absolute atomic E-state index is 0.127. The van der Waals surface area contributed by atoms with Gasteiger partial charge in [0.05, 0.1) is 5.60 Å². The Balaban J connectivity index is 2.61. The van der Waals surface area contributed by atoms with Gasteiger partial charge >= 0.3 is 0 Å². The van der Waals surface area contributed by atoms with Crippen LogP contribution in [0.15, 0.2) is 0 Å². The van der Waals surface area contributed by atoms with E-state index in [1.165, 1.54) is 25.7 Å². The Hall–Kier alpha value is -0.0800. The normalized spacial score (nSPS) is 34.8. The molecule has 2 atom stereocenters. The van der Waals surface area contributed by atoms with Crippen LogP contribution in [0.1, 0.15) is 39.5 Å². The molecule has 2 nitrogen and oxygen atoms in total. The molecule has 0 spiro atoms. The van der Waals surface area contributed by atoms with Crippen molar-refractivity contribution in [1.82, 2.24) is 5.32 Å². The highest BCUT2D eigenvalue weighted by molar-refractivity contribution is 4.91. The quantitative estimate of drug-likeness (QED) is 0.725. The lowest BCUT2D eigenvalue weighted by Gasteiger charge is -2.42. The van der Waals surface area contributed by atoms with Gasteiger partial charge in [-0.15, -0.1) is 0 Å². The number of nitrogens with one attached hydrogen (secondary N) is 1. The maximum atomic E-state index is 5.96. The van der Waals surface area contributed by atoms with Crippen LogP contribution >= 0.6 is 0 Å². The molecule has 1 N–H and O–H groups in total. The summed E-state index contributed by atoms with van der Waals surface area (Å²) in [4.78, 5) is 0. The fourth-order valence-corrected chi connectivity index (χ4v) is 2.50. The third-order valence-electron chi connectivity index (χ3n) is 3.29. The molecule has 0 aromatic rings. The molecule has 0 heterocycles. The predicted octanol–water partition coefficient (Wildman–Crippen LogP) is 2.19. The van der Waals surface area contributed by atoms with Crippen LogP contribution in [0.25, 0.3) is 0 Å². The summed E-state index contributed by atoms with van der Waals surface area (Å²) in [6.45, 7) is 6.26. The van der Waals surface area contributed by atoms with Crippen LogP contribution in [0.3, 0.4) is 0 Å². The molecule has 0 bridgehead atoms. The van der Waals surface area contributed by atoms with Crippen molar-refractivity contribution in [1.29, 1.82) is 0 Å². The Kier molecular flexibility index (Phi) is 4.20. The van der Waals surface area contributed by atoms with Crippen molar-refractivity contribution in [2.75, 3.05) is 20.2 Å². The first-order valence-electron chi connectivity index (χ1n) is 5.53. The lowest BCUT2D eigenvalue weighted by molar-refractivity contribution is -0.0958. The van der Waals surface area contributed by atoms with Gasteiger partial charge in [-0.1, -0.05) is 19.8 Å². The number of hydrogen-bond acceptors (Lipinski definition) is 2. The van der Waals surface area contributed by atoms with Crippen LogP contribution in [-0.2, 0) is 4.74 Å². The Morgan fingerprint density at radius 1 is 1.46 bits per heavy atom. The SMILES string of the molecule is CCOC1(CNC)CCCCC1C. The third kappa shape index (κ3) is 2.44. The van der Waals surface area contributed by atoms with Crippen molar-refractivity contribution in [2.45, 2.75) is 45.1 Å². The molecule has 78 valence electrons. The van der Waals surface area contributed by atoms with Gasteiger partial charge in [0.2, 0.25) is 0 Å². The van der Waals surface area contributed by atoms with Gasteiger partial charge < -0.3 is 10.1 Å². The molecule has 0 aromatic carbocycles. The van der Waals surface area contributed by atoms with Gasteiger partial charge in [0.1, 0.15) is 0 Å². The van der Waals surface area contributed by atoms with Crippen LogP contribution in [0.5, 0.6) is 0 Å². The topological polar surface area (TPSA) is 21.3 Å². The summed E-state index contributed by atoms with van der Waals surface area (Å²) < 4.78 is 5.96. The summed E-state index contributed by atoms with van der Waals surface area (Å²) in [5, 5.41) is 3.27. The second-order valence-electron chi connectivity index (χ2n) is 4.17. The Morgan fingerprint density at radius 2 is 2.23 bits per heavy atom. The molecule has 1 rings (SSSR count). The van der Waals surface area contributed by atoms with Crippen molar-refractivity contribution in [2.24, 2.45) is 5.92 Å². The smallest absolute Gasteiger partial charge is 0.0831 e. The average Bonchev–Trinajstić information content (AvgIpc) is 2.11. The first kappa shape index (κ1) is 11.0. The van der Waals surface area contributed by atoms with Crippen LogP contribution in [0, 0.1) is 5.92 Å². The summed E-state index contributed by atoms with van der Waals surface area (Å²) in [6, 6.07) is 0. The molecule has 2 heteroatoms. The van der Waals surface area contributed by atoms with E-state index in [-0.39, 0.29) is 5.60 Å². The summed E-state index contributed by atoms with van der Waals surface area (Å²) in [6.07, 6.45) is 5.25. The molecule has 1 aliphatic rings. The zero-order chi connectivity index (χ0) is 9.73. The van der Waals surface area contributed by atoms with Gasteiger partial charge in [0, 0.05) is 13.2 Å². The van der Waals surface area contributed by atoms with Crippen molar-refractivity contribution >= 4 is 0 Å². The first-order chi connectivity index (χ1) is 6.25. The van der Waals surface area contributed by atoms with Gasteiger partial charge in [-0.05, 0) is 32.7 Å². The molecular formula is C11H23NO. The highest BCUT2D eigenvalue weighted by atomic mass is 16.5. The molecule has 0 aromatic heterocycles. The number of likely N-dealkylation sites (N-methyl/N-ethyl adjacent to an activating group) is 1. The van der Waals surface area contributed by atoms with E-state index in [1.807, 2.05) is 7.05 Å². The molecule has 2 unspecified atom stereocenters. The maximum Gasteiger partial charge on any atom is 0.0831 e. The standard InChI is InChI=1S/C11H23NO/c1-4-13-11(9-12-3)8-6-5-7-10(11)2/h10,12H,4-9H2,1-3H3. The summed E-state index contributed by atoms with van der Waals surface area (Å²) >= 11 is 0. The van der Waals surface area contributed by atoms with Crippen molar-refractivity contribution in [3.8, 4) is 0 Å². The van der Waals surface area contributed by atoms with Gasteiger partial charge in [-0.2, -0.15) is 0 Å². The highest BCUT2D eigenvalue weighted by Gasteiger charge is 2.37. The van der Waals surface area contributed by atoms with E-state index in [0.717, 1.165) is 13.2 Å². The van der Waals surface area contributed by atoms with Crippen molar-refractivity contribution in [3.05, 3.63) is 0 Å². The number of hydrogen-bond donors (Lipinski definition) is 1. The molecule has 1 fully saturated rings. The summed E-state index contributed by atoms with van der Waals surface area (Å²) in [7, 11) is 2.02. The lowest BCUT2D eigenvalue weighted by Crippen LogP contribution is -2.49. The van der Waals surface area contributed by atoms with Crippen molar-refractivity contribution in [3.63, 3.8) is 0 Å². The van der Waals surface area contributed by atoms with Crippen LogP contribution in [-0.4, -0.2) is 25.8 Å². The highest BCUT2D eigenvalue weighted by Crippen LogP contribution is 2.36. The van der Waals surface area contributed by atoms with Crippen molar-refractivity contribution < 1.29 is 4.74 Å². The fourth-order valence-electron chi connectivity index (χ4n) is 2.50. The third-order valence-corrected chi connectivity index (χ3v) is 3.29. The van der Waals surface area contributed by atoms with E-state index in [0.29, 0.717) is 5.92 Å². The summed E-state index contributed by atoms with van der Waals surface area (Å²) in [5.74, 6) is 0.702. The first-order valence-corrected chi connectivity index (χ1v) is 5.53. The van der Waals surface area contributed by atoms with Gasteiger partial charge in [-0.3, -0.25) is 0 Å². The second kappa shape index (κ2) is 4.97. The van der Waals surface area contributed by atoms with E-state index in [2.05, 4.69) is 19.2 Å². The van der Waals surface area contributed by atoms with Crippen LogP contribution in [0.2, 0.25) is 0 Å². The van der Waals surface area contributed by atoms with Gasteiger partial charge in [-0.25, -0.2) is 0 Å². The Morgan fingerprint density at radius 3 is 2.77 bits per heavy atom. The lowest BCUT2D eigenvalue weighted by atomic mass is 9.76. The second-order valence-corrected chi connectivity index (χ2v) is 4.17. The van der Waals surface area contributed by atoms with E-state index in [9.17, 15) is 0 Å². The zero-order valence-electron chi connectivity index (χ0n) is 9.23. The minimum atomic E-state index is 0.127. The van der Waals surface area contributed by atoms with Crippen LogP contribution < -0.4 is 5.32 Å². The molecule has 0 aliphatic heterocycles. The molecular weight excluding hydrogens is 162 g/mol. The molecule has 13 heavy (non-hydrogen) atoms. The van der Waals surface area contributed by atoms with E-state index in [1.54, 1.807) is 0 Å². The predicted molar refractivity (Wildman–Crippen MR) is 55.9 cm³/mol. The summed E-state index contributed by atoms with van der Waals surface area (Å²) in [5.41, 5.74) is 0.127. The maximum absolute atomic E-state index is 5.96. The van der Waals surface area contributed by atoms with Gasteiger partial charge in [0.25, 0.3) is 0 Å². The van der Waals surface area contributed by atoms with Gasteiger partial charge in [0.15, 0.2) is 0 Å². The monoisotopic (exact) mass is 185 g/mol. The Bertz CT molecular complexity index is 136. The molecule has 1 aliphatic carbocycles. The van der Waals surface area contributed by atoms with E-state index in [4.69, 9.17) is 4.74 Å². The molecule has 0 amide bonds. The largest absolute Gasteiger partial charge is 0.374 e. The minimum Gasteiger partial charge on any atom is -0.374 e. The van der Waals surface area contributed by atoms with E-state index >= 15 is 0 Å². The average molecular weight is 185 g/mol. The molecule has 1 saturated carbocycles. The number of ether oxygens (including phenoxy) is 1. The molecule has 0 radical (unpaired) electrons. The zero-order valence-corrected chi connectivity index (χ0v) is 9.23. The number of rotatable bonds is 4. The van der Waals surface area contributed by atoms with E-state index < -0.39 is 0 Å². The van der Waals surface area contributed by atoms with Crippen LogP contribution in [0.4, 0.5) is 0 Å². The molecule has 0 saturated heterocycles.